The zero-order valence-electron chi connectivity index (χ0n) is 18.9. The van der Waals surface area contributed by atoms with Crippen molar-refractivity contribution in [3.8, 4) is 0 Å². The van der Waals surface area contributed by atoms with E-state index in [1.54, 1.807) is 30.3 Å². The van der Waals surface area contributed by atoms with Crippen molar-refractivity contribution in [3.05, 3.63) is 99.8 Å². The summed E-state index contributed by atoms with van der Waals surface area (Å²) in [6, 6.07) is 14.8. The number of hydrazine groups is 1. The molecule has 7 nitrogen and oxygen atoms in total. The largest absolute Gasteiger partial charge is 0.274 e. The van der Waals surface area contributed by atoms with E-state index >= 15 is 0 Å². The summed E-state index contributed by atoms with van der Waals surface area (Å²) in [6.07, 6.45) is -0.365. The van der Waals surface area contributed by atoms with E-state index in [9.17, 15) is 23.6 Å². The van der Waals surface area contributed by atoms with Gasteiger partial charge in [-0.1, -0.05) is 35.9 Å². The lowest BCUT2D eigenvalue weighted by Crippen LogP contribution is -2.54. The molecule has 0 aromatic heterocycles. The fraction of sp³-hybridized carbons (Fsp3) is 0.154. The Morgan fingerprint density at radius 3 is 2.43 bits per heavy atom. The van der Waals surface area contributed by atoms with E-state index in [4.69, 9.17) is 11.6 Å². The van der Waals surface area contributed by atoms with Crippen LogP contribution in [0.25, 0.3) is 0 Å². The quantitative estimate of drug-likeness (QED) is 0.435. The van der Waals surface area contributed by atoms with Gasteiger partial charge < -0.3 is 0 Å². The lowest BCUT2D eigenvalue weighted by molar-refractivity contribution is -0.122. The van der Waals surface area contributed by atoms with Crippen molar-refractivity contribution in [3.63, 3.8) is 0 Å². The van der Waals surface area contributed by atoms with Crippen LogP contribution in [0.15, 0.2) is 66.7 Å². The molecule has 35 heavy (non-hydrogen) atoms. The van der Waals surface area contributed by atoms with Crippen molar-refractivity contribution in [2.75, 3.05) is 4.90 Å². The van der Waals surface area contributed by atoms with E-state index < -0.39 is 35.5 Å². The Bertz CT molecular complexity index is 1360. The lowest BCUT2D eigenvalue weighted by atomic mass is 10.1. The first-order valence-electron chi connectivity index (χ1n) is 10.8. The monoisotopic (exact) mass is 493 g/mol. The molecule has 178 valence electrons. The number of nitrogens with zero attached hydrogens (tertiary/aromatic N) is 2. The minimum atomic E-state index is -1.34. The molecule has 1 aliphatic heterocycles. The van der Waals surface area contributed by atoms with Crippen LogP contribution in [-0.4, -0.2) is 34.7 Å². The Balaban J connectivity index is 1.71. The van der Waals surface area contributed by atoms with Gasteiger partial charge in [0, 0.05) is 5.56 Å². The number of amides is 4. The number of imide groups is 1. The Morgan fingerprint density at radius 2 is 1.74 bits per heavy atom. The van der Waals surface area contributed by atoms with Crippen molar-refractivity contribution in [2.24, 2.45) is 0 Å². The van der Waals surface area contributed by atoms with Gasteiger partial charge >= 0.3 is 0 Å². The third kappa shape index (κ3) is 4.79. The summed E-state index contributed by atoms with van der Waals surface area (Å²) in [6.45, 7) is 3.75. The Kier molecular flexibility index (Phi) is 6.66. The standard InChI is InChI=1S/C26H21ClFN3O4/c1-15-10-11-19(12-16(15)2)30-23(32)14-22(26(30)35)31(25(34)17-6-5-7-18(28)13-17)29-24(33)20-8-3-4-9-21(20)27/h3-13,22H,14H2,1-2H3,(H,29,33). The summed E-state index contributed by atoms with van der Waals surface area (Å²) in [5, 5.41) is 0.913. The van der Waals surface area contributed by atoms with E-state index in [0.717, 1.165) is 33.2 Å². The maximum absolute atomic E-state index is 13.8. The first-order chi connectivity index (χ1) is 16.7. The molecule has 0 radical (unpaired) electrons. The normalized spacial score (nSPS) is 15.3. The summed E-state index contributed by atoms with van der Waals surface area (Å²) in [7, 11) is 0. The number of halogens is 2. The third-order valence-electron chi connectivity index (χ3n) is 5.81. The molecule has 0 bridgehead atoms. The van der Waals surface area contributed by atoms with Crippen LogP contribution in [-0.2, 0) is 9.59 Å². The molecule has 1 fully saturated rings. The van der Waals surface area contributed by atoms with Crippen LogP contribution in [0, 0.1) is 19.7 Å². The van der Waals surface area contributed by atoms with Crippen molar-refractivity contribution in [2.45, 2.75) is 26.3 Å². The van der Waals surface area contributed by atoms with Gasteiger partial charge in [0.2, 0.25) is 5.91 Å². The molecule has 4 amide bonds. The number of rotatable bonds is 4. The maximum Gasteiger partial charge on any atom is 0.273 e. The summed E-state index contributed by atoms with van der Waals surface area (Å²) in [5.41, 5.74) is 4.61. The van der Waals surface area contributed by atoms with E-state index in [2.05, 4.69) is 5.43 Å². The topological polar surface area (TPSA) is 86.8 Å². The molecular formula is C26H21ClFN3O4. The summed E-state index contributed by atoms with van der Waals surface area (Å²) < 4.78 is 13.8. The number of carbonyl (C=O) groups excluding carboxylic acids is 4. The first kappa shape index (κ1) is 24.1. The average molecular weight is 494 g/mol. The van der Waals surface area contributed by atoms with Crippen molar-refractivity contribution in [1.82, 2.24) is 10.4 Å². The molecule has 3 aromatic rings. The minimum absolute atomic E-state index is 0.0639. The number of carbonyl (C=O) groups is 4. The summed E-state index contributed by atoms with van der Waals surface area (Å²) in [4.78, 5) is 53.6. The average Bonchev–Trinajstić information content (AvgIpc) is 3.12. The van der Waals surface area contributed by atoms with Gasteiger partial charge in [-0.3, -0.25) is 24.6 Å². The number of nitrogens with one attached hydrogen (secondary N) is 1. The first-order valence-corrected chi connectivity index (χ1v) is 11.1. The van der Waals surface area contributed by atoms with E-state index in [-0.39, 0.29) is 22.6 Å². The molecule has 1 heterocycles. The molecule has 0 saturated carbocycles. The summed E-state index contributed by atoms with van der Waals surface area (Å²) in [5.74, 6) is -3.50. The highest BCUT2D eigenvalue weighted by Crippen LogP contribution is 2.28. The highest BCUT2D eigenvalue weighted by molar-refractivity contribution is 6.33. The highest BCUT2D eigenvalue weighted by atomic mass is 35.5. The third-order valence-corrected chi connectivity index (χ3v) is 6.14. The molecule has 1 unspecified atom stereocenters. The van der Waals surface area contributed by atoms with E-state index in [1.165, 1.54) is 24.3 Å². The van der Waals surface area contributed by atoms with Crippen LogP contribution in [0.4, 0.5) is 10.1 Å². The van der Waals surface area contributed by atoms with Gasteiger partial charge in [-0.05, 0) is 67.4 Å². The molecule has 0 aliphatic carbocycles. The van der Waals surface area contributed by atoms with Crippen LogP contribution in [0.5, 0.6) is 0 Å². The van der Waals surface area contributed by atoms with Gasteiger partial charge in [0.1, 0.15) is 11.9 Å². The van der Waals surface area contributed by atoms with Gasteiger partial charge in [-0.25, -0.2) is 14.3 Å². The molecular weight excluding hydrogens is 473 g/mol. The van der Waals surface area contributed by atoms with Gasteiger partial charge in [-0.15, -0.1) is 0 Å². The van der Waals surface area contributed by atoms with Gasteiger partial charge in [0.25, 0.3) is 17.7 Å². The maximum atomic E-state index is 13.8. The Hall–Kier alpha value is -4.04. The lowest BCUT2D eigenvalue weighted by Gasteiger charge is -2.28. The molecule has 0 spiro atoms. The second-order valence-corrected chi connectivity index (χ2v) is 8.57. The number of anilines is 1. The van der Waals surface area contributed by atoms with Crippen molar-refractivity contribution < 1.29 is 23.6 Å². The van der Waals surface area contributed by atoms with Crippen LogP contribution in [0.2, 0.25) is 5.02 Å². The zero-order valence-corrected chi connectivity index (χ0v) is 19.7. The minimum Gasteiger partial charge on any atom is -0.274 e. The number of hydrogen-bond acceptors (Lipinski definition) is 4. The van der Waals surface area contributed by atoms with Crippen LogP contribution in [0.1, 0.15) is 38.3 Å². The molecule has 4 rings (SSSR count). The SMILES string of the molecule is Cc1ccc(N2C(=O)CC(N(NC(=O)c3ccccc3Cl)C(=O)c3cccc(F)c3)C2=O)cc1C. The molecule has 1 N–H and O–H groups in total. The Morgan fingerprint density at radius 1 is 1.00 bits per heavy atom. The zero-order chi connectivity index (χ0) is 25.3. The van der Waals surface area contributed by atoms with E-state index in [1.807, 2.05) is 13.8 Å². The fourth-order valence-corrected chi connectivity index (χ4v) is 4.02. The van der Waals surface area contributed by atoms with Crippen LogP contribution in [0.3, 0.4) is 0 Å². The number of benzene rings is 3. The molecule has 3 aromatic carbocycles. The van der Waals surface area contributed by atoms with Crippen LogP contribution < -0.4 is 10.3 Å². The number of hydrogen-bond donors (Lipinski definition) is 1. The predicted octanol–water partition coefficient (Wildman–Crippen LogP) is 4.22. The molecule has 1 aliphatic rings. The highest BCUT2D eigenvalue weighted by Gasteiger charge is 2.45. The van der Waals surface area contributed by atoms with E-state index in [0.29, 0.717) is 5.69 Å². The van der Waals surface area contributed by atoms with Gasteiger partial charge in [0.15, 0.2) is 0 Å². The number of aryl methyl sites for hydroxylation is 2. The van der Waals surface area contributed by atoms with Gasteiger partial charge in [0.05, 0.1) is 22.7 Å². The smallest absolute Gasteiger partial charge is 0.273 e. The van der Waals surface area contributed by atoms with Gasteiger partial charge in [-0.2, -0.15) is 0 Å². The van der Waals surface area contributed by atoms with Crippen molar-refractivity contribution >= 4 is 40.9 Å². The molecule has 1 atom stereocenters. The molecule has 9 heteroatoms. The van der Waals surface area contributed by atoms with Crippen molar-refractivity contribution in [1.29, 1.82) is 0 Å². The second kappa shape index (κ2) is 9.68. The Labute approximate surface area is 206 Å². The predicted molar refractivity (Wildman–Crippen MR) is 128 cm³/mol. The summed E-state index contributed by atoms with van der Waals surface area (Å²) >= 11 is 6.12. The second-order valence-electron chi connectivity index (χ2n) is 8.16. The fourth-order valence-electron chi connectivity index (χ4n) is 3.80. The molecule has 1 saturated heterocycles. The van der Waals surface area contributed by atoms with Crippen LogP contribution >= 0.6 is 11.6 Å².